The van der Waals surface area contributed by atoms with Crippen molar-refractivity contribution < 1.29 is 13.2 Å². The summed E-state index contributed by atoms with van der Waals surface area (Å²) in [7, 11) is -3.00. The second-order valence-electron chi connectivity index (χ2n) is 6.94. The maximum absolute atomic E-state index is 12.5. The van der Waals surface area contributed by atoms with E-state index in [0.29, 0.717) is 6.42 Å². The second-order valence-corrected chi connectivity index (χ2v) is 11.6. The lowest BCUT2D eigenvalue weighted by Crippen LogP contribution is -2.39. The summed E-state index contributed by atoms with van der Waals surface area (Å²) in [6, 6.07) is -0.269. The first-order valence-electron chi connectivity index (χ1n) is 8.85. The Labute approximate surface area is 161 Å². The zero-order valence-corrected chi connectivity index (χ0v) is 17.0. The highest BCUT2D eigenvalue weighted by molar-refractivity contribution is 8.00. The van der Waals surface area contributed by atoms with E-state index in [4.69, 9.17) is 0 Å². The van der Waals surface area contributed by atoms with Gasteiger partial charge >= 0.3 is 0 Å². The van der Waals surface area contributed by atoms with Gasteiger partial charge in [-0.15, -0.1) is 11.3 Å². The number of nitrogens with zero attached hydrogens (tertiary/aromatic N) is 2. The Bertz CT molecular complexity index is 955. The number of hydrogen-bond donors (Lipinski definition) is 1. The monoisotopic (exact) mass is 411 g/mol. The predicted octanol–water partition coefficient (Wildman–Crippen LogP) is 2.35. The molecule has 2 aliphatic rings. The third-order valence-electron chi connectivity index (χ3n) is 4.95. The highest BCUT2D eigenvalue weighted by atomic mass is 32.2. The average Bonchev–Trinajstić information content (AvgIpc) is 3.14. The summed E-state index contributed by atoms with van der Waals surface area (Å²) < 4.78 is 23.1. The fourth-order valence-corrected chi connectivity index (χ4v) is 7.52. The van der Waals surface area contributed by atoms with Crippen molar-refractivity contribution in [3.8, 4) is 0 Å². The van der Waals surface area contributed by atoms with Gasteiger partial charge in [-0.2, -0.15) is 0 Å². The van der Waals surface area contributed by atoms with Crippen LogP contribution in [0.5, 0.6) is 0 Å². The number of rotatable bonds is 4. The van der Waals surface area contributed by atoms with E-state index in [0.717, 1.165) is 28.1 Å². The van der Waals surface area contributed by atoms with E-state index in [1.54, 1.807) is 17.7 Å². The zero-order valence-electron chi connectivity index (χ0n) is 14.5. The summed E-state index contributed by atoms with van der Waals surface area (Å²) >= 11 is 3.18. The number of thioether (sulfide) groups is 1. The molecule has 1 N–H and O–H groups in total. The lowest BCUT2D eigenvalue weighted by atomic mass is 9.97. The molecular formula is C17H21N3O3S3. The van der Waals surface area contributed by atoms with Crippen molar-refractivity contribution in [3.63, 3.8) is 0 Å². The van der Waals surface area contributed by atoms with Crippen LogP contribution in [0.1, 0.15) is 36.6 Å². The SMILES string of the molecule is C[C@@H](Sc1ncnc2sc3c(c12)CCCC3)C(=O)N[C@@H]1CCS(=O)(=O)C1. The number of aryl methyl sites for hydroxylation is 2. The Morgan fingerprint density at radius 1 is 1.35 bits per heavy atom. The van der Waals surface area contributed by atoms with Crippen LogP contribution in [0.4, 0.5) is 0 Å². The number of amides is 1. The molecule has 1 aliphatic carbocycles. The zero-order chi connectivity index (χ0) is 18.3. The number of sulfone groups is 1. The molecule has 26 heavy (non-hydrogen) atoms. The molecule has 1 saturated heterocycles. The molecule has 2 atom stereocenters. The fourth-order valence-electron chi connectivity index (χ4n) is 3.60. The van der Waals surface area contributed by atoms with Gasteiger partial charge in [-0.05, 0) is 44.6 Å². The number of nitrogens with one attached hydrogen (secondary N) is 1. The van der Waals surface area contributed by atoms with Gasteiger partial charge in [0.2, 0.25) is 5.91 Å². The summed E-state index contributed by atoms with van der Waals surface area (Å²) in [6.45, 7) is 1.84. The molecule has 3 heterocycles. The first-order valence-corrected chi connectivity index (χ1v) is 12.4. The van der Waals surface area contributed by atoms with Crippen LogP contribution in [0.2, 0.25) is 0 Å². The molecule has 2 aromatic rings. The van der Waals surface area contributed by atoms with E-state index in [-0.39, 0.29) is 28.7 Å². The molecule has 0 unspecified atom stereocenters. The summed E-state index contributed by atoms with van der Waals surface area (Å²) in [5, 5.41) is 4.51. The minimum atomic E-state index is -3.00. The molecule has 0 aromatic carbocycles. The molecule has 0 bridgehead atoms. The molecular weight excluding hydrogens is 390 g/mol. The first kappa shape index (κ1) is 18.2. The number of carbonyl (C=O) groups excluding carboxylic acids is 1. The van der Waals surface area contributed by atoms with Crippen LogP contribution in [-0.2, 0) is 27.5 Å². The van der Waals surface area contributed by atoms with E-state index in [2.05, 4.69) is 15.3 Å². The van der Waals surface area contributed by atoms with Gasteiger partial charge in [0.15, 0.2) is 9.84 Å². The number of carbonyl (C=O) groups is 1. The third kappa shape index (κ3) is 3.61. The molecule has 1 aliphatic heterocycles. The van der Waals surface area contributed by atoms with Crippen molar-refractivity contribution in [3.05, 3.63) is 16.8 Å². The van der Waals surface area contributed by atoms with Crippen LogP contribution in [0, 0.1) is 0 Å². The van der Waals surface area contributed by atoms with Gasteiger partial charge in [-0.3, -0.25) is 4.79 Å². The average molecular weight is 412 g/mol. The summed E-state index contributed by atoms with van der Waals surface area (Å²) in [5.41, 5.74) is 1.36. The molecule has 140 valence electrons. The van der Waals surface area contributed by atoms with Crippen LogP contribution < -0.4 is 5.32 Å². The van der Waals surface area contributed by atoms with E-state index < -0.39 is 9.84 Å². The van der Waals surface area contributed by atoms with E-state index in [1.165, 1.54) is 35.0 Å². The fraction of sp³-hybridized carbons (Fsp3) is 0.588. The molecule has 6 nitrogen and oxygen atoms in total. The van der Waals surface area contributed by atoms with Gasteiger partial charge in [0.05, 0.1) is 16.8 Å². The molecule has 0 saturated carbocycles. The number of aromatic nitrogens is 2. The molecule has 1 amide bonds. The second kappa shape index (κ2) is 7.09. The van der Waals surface area contributed by atoms with E-state index in [9.17, 15) is 13.2 Å². The first-order chi connectivity index (χ1) is 12.4. The van der Waals surface area contributed by atoms with Gasteiger partial charge in [-0.25, -0.2) is 18.4 Å². The lowest BCUT2D eigenvalue weighted by molar-refractivity contribution is -0.120. The number of fused-ring (bicyclic) bond motifs is 3. The molecule has 2 aromatic heterocycles. The van der Waals surface area contributed by atoms with Gasteiger partial charge < -0.3 is 5.32 Å². The Kier molecular flexibility index (Phi) is 4.96. The topological polar surface area (TPSA) is 89.0 Å². The van der Waals surface area contributed by atoms with Crippen molar-refractivity contribution in [1.82, 2.24) is 15.3 Å². The summed E-state index contributed by atoms with van der Waals surface area (Å²) in [5.74, 6) is 0.0758. The highest BCUT2D eigenvalue weighted by Gasteiger charge is 2.30. The van der Waals surface area contributed by atoms with Crippen LogP contribution >= 0.6 is 23.1 Å². The van der Waals surface area contributed by atoms with E-state index in [1.807, 2.05) is 6.92 Å². The molecule has 0 spiro atoms. The minimum absolute atomic E-state index is 0.0475. The Hall–Kier alpha value is -1.19. The largest absolute Gasteiger partial charge is 0.351 e. The number of thiophene rings is 1. The van der Waals surface area contributed by atoms with Crippen LogP contribution in [0.25, 0.3) is 10.2 Å². The Morgan fingerprint density at radius 3 is 2.92 bits per heavy atom. The van der Waals surface area contributed by atoms with Crippen molar-refractivity contribution in [2.45, 2.75) is 55.3 Å². The van der Waals surface area contributed by atoms with Gasteiger partial charge in [0, 0.05) is 16.3 Å². The van der Waals surface area contributed by atoms with Crippen molar-refractivity contribution in [1.29, 1.82) is 0 Å². The lowest BCUT2D eigenvalue weighted by Gasteiger charge is -2.16. The molecule has 0 radical (unpaired) electrons. The standard InChI is InChI=1S/C17H21N3O3S3/c1-10(15(21)20-11-6-7-26(22,23)8-11)24-16-14-12-4-2-3-5-13(12)25-17(14)19-9-18-16/h9-11H,2-8H2,1H3,(H,20,21)/t10-,11-/m1/s1. The van der Waals surface area contributed by atoms with Gasteiger partial charge in [0.25, 0.3) is 0 Å². The van der Waals surface area contributed by atoms with Crippen LogP contribution in [0.3, 0.4) is 0 Å². The summed E-state index contributed by atoms with van der Waals surface area (Å²) in [6.07, 6.45) is 6.63. The molecule has 1 fully saturated rings. The quantitative estimate of drug-likeness (QED) is 0.614. The highest BCUT2D eigenvalue weighted by Crippen LogP contribution is 2.40. The predicted molar refractivity (Wildman–Crippen MR) is 105 cm³/mol. The van der Waals surface area contributed by atoms with E-state index >= 15 is 0 Å². The molecule has 4 rings (SSSR count). The minimum Gasteiger partial charge on any atom is -0.351 e. The maximum atomic E-state index is 12.5. The normalized spacial score (nSPS) is 22.9. The third-order valence-corrected chi connectivity index (χ3v) is 9.02. The summed E-state index contributed by atoms with van der Waals surface area (Å²) in [4.78, 5) is 23.8. The van der Waals surface area contributed by atoms with Crippen LogP contribution in [0.15, 0.2) is 11.4 Å². The Morgan fingerprint density at radius 2 is 2.15 bits per heavy atom. The smallest absolute Gasteiger partial charge is 0.233 e. The maximum Gasteiger partial charge on any atom is 0.233 e. The van der Waals surface area contributed by atoms with Gasteiger partial charge in [0.1, 0.15) is 16.2 Å². The Balaban J connectivity index is 1.51. The molecule has 9 heteroatoms. The van der Waals surface area contributed by atoms with Gasteiger partial charge in [-0.1, -0.05) is 11.8 Å². The van der Waals surface area contributed by atoms with Crippen LogP contribution in [-0.4, -0.2) is 47.1 Å². The number of hydrogen-bond acceptors (Lipinski definition) is 7. The van der Waals surface area contributed by atoms with Crippen molar-refractivity contribution in [2.24, 2.45) is 0 Å². The van der Waals surface area contributed by atoms with Crippen molar-refractivity contribution >= 4 is 49.1 Å². The van der Waals surface area contributed by atoms with Crippen molar-refractivity contribution in [2.75, 3.05) is 11.5 Å².